The third kappa shape index (κ3) is 6.04. The molecule has 1 amide bonds. The van der Waals surface area contributed by atoms with E-state index in [4.69, 9.17) is 9.72 Å². The van der Waals surface area contributed by atoms with E-state index in [1.54, 1.807) is 11.9 Å². The van der Waals surface area contributed by atoms with Crippen LogP contribution in [-0.4, -0.2) is 55.0 Å². The largest absolute Gasteiger partial charge is 0.378 e. The maximum Gasteiger partial charge on any atom is 0.258 e. The highest BCUT2D eigenvalue weighted by atomic mass is 32.2. The molecule has 1 aliphatic carbocycles. The average molecular weight is 496 g/mol. The lowest BCUT2D eigenvalue weighted by molar-refractivity contribution is 0.102. The number of nitrogens with zero attached hydrogens (tertiary/aromatic N) is 3. The molecule has 2 N–H and O–H groups in total. The van der Waals surface area contributed by atoms with E-state index < -0.39 is 0 Å². The molecule has 3 heterocycles. The molecule has 2 aliphatic heterocycles. The standard InChI is InChI=1S/C27H37N5O2S/c1-26(2,3)35-30-20-7-8-21(22(19-20)31-13-11-27(9-10-27)12-14-31)25(33)29-23-5-4-6-24(28-23)32-15-17-34-18-16-32/h4-8,19,30H,9-18H2,1-3H3,(H,28,29,33). The number of pyridine rings is 1. The predicted molar refractivity (Wildman–Crippen MR) is 146 cm³/mol. The Hall–Kier alpha value is -2.45. The van der Waals surface area contributed by atoms with Crippen molar-refractivity contribution in [2.45, 2.75) is 51.2 Å². The predicted octanol–water partition coefficient (Wildman–Crippen LogP) is 5.41. The lowest BCUT2D eigenvalue weighted by atomic mass is 9.93. The molecule has 1 spiro atoms. The quantitative estimate of drug-likeness (QED) is 0.519. The minimum Gasteiger partial charge on any atom is -0.378 e. The summed E-state index contributed by atoms with van der Waals surface area (Å²) in [6, 6.07) is 11.9. The molecule has 3 aliphatic rings. The van der Waals surface area contributed by atoms with Gasteiger partial charge in [-0.1, -0.05) is 6.07 Å². The SMILES string of the molecule is CC(C)(C)SNc1ccc(C(=O)Nc2cccc(N3CCOCC3)n2)c(N2CCC3(CC2)CC3)c1. The van der Waals surface area contributed by atoms with E-state index in [1.165, 1.54) is 25.7 Å². The van der Waals surface area contributed by atoms with Gasteiger partial charge in [0.05, 0.1) is 24.5 Å². The smallest absolute Gasteiger partial charge is 0.258 e. The van der Waals surface area contributed by atoms with Crippen LogP contribution < -0.4 is 19.8 Å². The molecule has 2 aromatic rings. The van der Waals surface area contributed by atoms with Crippen molar-refractivity contribution in [1.29, 1.82) is 0 Å². The summed E-state index contributed by atoms with van der Waals surface area (Å²) in [6.45, 7) is 11.6. The summed E-state index contributed by atoms with van der Waals surface area (Å²) in [5, 5.41) is 3.06. The zero-order valence-electron chi connectivity index (χ0n) is 21.1. The second-order valence-corrected chi connectivity index (χ2v) is 12.6. The van der Waals surface area contributed by atoms with Gasteiger partial charge in [-0.2, -0.15) is 0 Å². The first kappa shape index (κ1) is 24.3. The van der Waals surface area contributed by atoms with Crippen molar-refractivity contribution in [3.05, 3.63) is 42.0 Å². The Morgan fingerprint density at radius 1 is 1.00 bits per heavy atom. The first-order valence-electron chi connectivity index (χ1n) is 12.7. The molecule has 2 saturated heterocycles. The number of hydrogen-bond donors (Lipinski definition) is 2. The fourth-order valence-corrected chi connectivity index (χ4v) is 5.36. The average Bonchev–Trinajstić information content (AvgIpc) is 3.62. The van der Waals surface area contributed by atoms with E-state index in [-0.39, 0.29) is 10.7 Å². The fourth-order valence-electron chi connectivity index (χ4n) is 4.80. The van der Waals surface area contributed by atoms with E-state index in [0.29, 0.717) is 30.0 Å². The third-order valence-electron chi connectivity index (χ3n) is 7.15. The van der Waals surface area contributed by atoms with E-state index >= 15 is 0 Å². The number of carbonyl (C=O) groups excluding carboxylic acids is 1. The lowest BCUT2D eigenvalue weighted by Crippen LogP contribution is -2.37. The summed E-state index contributed by atoms with van der Waals surface area (Å²) in [4.78, 5) is 22.8. The van der Waals surface area contributed by atoms with Crippen LogP contribution >= 0.6 is 11.9 Å². The summed E-state index contributed by atoms with van der Waals surface area (Å²) in [5.74, 6) is 1.33. The normalized spacial score (nSPS) is 19.5. The molecule has 3 fully saturated rings. The Kier molecular flexibility index (Phi) is 6.86. The Morgan fingerprint density at radius 2 is 1.74 bits per heavy atom. The topological polar surface area (TPSA) is 69.7 Å². The number of piperidine rings is 1. The highest BCUT2D eigenvalue weighted by Gasteiger charge is 2.44. The van der Waals surface area contributed by atoms with Crippen LogP contribution in [-0.2, 0) is 4.74 Å². The highest BCUT2D eigenvalue weighted by molar-refractivity contribution is 8.01. The van der Waals surface area contributed by atoms with Gasteiger partial charge in [0.1, 0.15) is 11.6 Å². The molecule has 5 rings (SSSR count). The molecule has 0 bridgehead atoms. The zero-order chi connectivity index (χ0) is 24.5. The first-order chi connectivity index (χ1) is 16.8. The van der Waals surface area contributed by atoms with Crippen molar-refractivity contribution in [1.82, 2.24) is 4.98 Å². The van der Waals surface area contributed by atoms with Crippen molar-refractivity contribution < 1.29 is 9.53 Å². The van der Waals surface area contributed by atoms with Crippen molar-refractivity contribution in [2.75, 3.05) is 59.2 Å². The van der Waals surface area contributed by atoms with Crippen LogP contribution in [0.1, 0.15) is 56.8 Å². The number of ether oxygens (including phenoxy) is 1. The van der Waals surface area contributed by atoms with Crippen LogP contribution in [0.25, 0.3) is 0 Å². The second kappa shape index (κ2) is 9.90. The van der Waals surface area contributed by atoms with Crippen LogP contribution in [0.4, 0.5) is 23.0 Å². The van der Waals surface area contributed by atoms with Gasteiger partial charge in [0.25, 0.3) is 5.91 Å². The minimum atomic E-state index is -0.117. The highest BCUT2D eigenvalue weighted by Crippen LogP contribution is 2.54. The molecular formula is C27H37N5O2S. The molecule has 7 nitrogen and oxygen atoms in total. The number of aromatic nitrogens is 1. The second-order valence-electron chi connectivity index (χ2n) is 11.0. The summed E-state index contributed by atoms with van der Waals surface area (Å²) >= 11 is 1.69. The van der Waals surface area contributed by atoms with E-state index in [0.717, 1.165) is 43.4 Å². The number of morpholine rings is 1. The molecular weight excluding hydrogens is 458 g/mol. The first-order valence-corrected chi connectivity index (χ1v) is 13.6. The number of benzene rings is 1. The van der Waals surface area contributed by atoms with Crippen LogP contribution in [0.3, 0.4) is 0 Å². The number of anilines is 4. The molecule has 0 atom stereocenters. The molecule has 1 aromatic carbocycles. The number of hydrogen-bond acceptors (Lipinski definition) is 7. The molecule has 1 aromatic heterocycles. The van der Waals surface area contributed by atoms with Gasteiger partial charge in [-0.05, 0) is 94.1 Å². The maximum absolute atomic E-state index is 13.5. The number of nitrogens with one attached hydrogen (secondary N) is 2. The molecule has 35 heavy (non-hydrogen) atoms. The van der Waals surface area contributed by atoms with Gasteiger partial charge in [-0.25, -0.2) is 4.98 Å². The monoisotopic (exact) mass is 495 g/mol. The number of rotatable bonds is 6. The Morgan fingerprint density at radius 3 is 2.43 bits per heavy atom. The minimum absolute atomic E-state index is 0.0941. The summed E-state index contributed by atoms with van der Waals surface area (Å²) in [6.07, 6.45) is 5.16. The van der Waals surface area contributed by atoms with Crippen molar-refractivity contribution in [3.8, 4) is 0 Å². The Bertz CT molecular complexity index is 1050. The van der Waals surface area contributed by atoms with Gasteiger partial charge >= 0.3 is 0 Å². The summed E-state index contributed by atoms with van der Waals surface area (Å²) < 4.78 is 9.03. The molecule has 0 unspecified atom stereocenters. The zero-order valence-corrected chi connectivity index (χ0v) is 21.9. The van der Waals surface area contributed by atoms with Crippen LogP contribution in [0.5, 0.6) is 0 Å². The van der Waals surface area contributed by atoms with Crippen molar-refractivity contribution in [2.24, 2.45) is 5.41 Å². The molecule has 0 radical (unpaired) electrons. The summed E-state index contributed by atoms with van der Waals surface area (Å²) in [7, 11) is 0. The molecule has 188 valence electrons. The van der Waals surface area contributed by atoms with Gasteiger partial charge in [0.15, 0.2) is 0 Å². The van der Waals surface area contributed by atoms with Crippen molar-refractivity contribution in [3.63, 3.8) is 0 Å². The fraction of sp³-hybridized carbons (Fsp3) is 0.556. The van der Waals surface area contributed by atoms with Crippen LogP contribution in [0.15, 0.2) is 36.4 Å². The van der Waals surface area contributed by atoms with Crippen molar-refractivity contribution >= 4 is 40.9 Å². The number of carbonyl (C=O) groups is 1. The van der Waals surface area contributed by atoms with Gasteiger partial charge in [-0.3, -0.25) is 4.79 Å². The lowest BCUT2D eigenvalue weighted by Gasteiger charge is -2.35. The summed E-state index contributed by atoms with van der Waals surface area (Å²) in [5.41, 5.74) is 3.31. The van der Waals surface area contributed by atoms with Crippen LogP contribution in [0.2, 0.25) is 0 Å². The van der Waals surface area contributed by atoms with E-state index in [1.807, 2.05) is 30.3 Å². The third-order valence-corrected chi connectivity index (χ3v) is 8.10. The van der Waals surface area contributed by atoms with Gasteiger partial charge in [0, 0.05) is 36.6 Å². The van der Waals surface area contributed by atoms with Gasteiger partial charge in [-0.15, -0.1) is 0 Å². The molecule has 1 saturated carbocycles. The van der Waals surface area contributed by atoms with E-state index in [9.17, 15) is 4.79 Å². The number of amides is 1. The Balaban J connectivity index is 1.36. The molecule has 8 heteroatoms. The maximum atomic E-state index is 13.5. The van der Waals surface area contributed by atoms with Gasteiger partial charge < -0.3 is 24.6 Å². The Labute approximate surface area is 213 Å². The van der Waals surface area contributed by atoms with Gasteiger partial charge in [0.2, 0.25) is 0 Å². The van der Waals surface area contributed by atoms with E-state index in [2.05, 4.69) is 46.7 Å². The van der Waals surface area contributed by atoms with Crippen LogP contribution in [0, 0.1) is 5.41 Å².